The molecule has 4 heteroatoms. The first-order chi connectivity index (χ1) is 14.5. The summed E-state index contributed by atoms with van der Waals surface area (Å²) >= 11 is 0. The van der Waals surface area contributed by atoms with E-state index >= 15 is 0 Å². The monoisotopic (exact) mass is 404 g/mol. The van der Waals surface area contributed by atoms with Crippen molar-refractivity contribution in [1.82, 2.24) is 19.8 Å². The van der Waals surface area contributed by atoms with Gasteiger partial charge in [-0.25, -0.2) is 0 Å². The van der Waals surface area contributed by atoms with Gasteiger partial charge in [0.2, 0.25) is 0 Å². The van der Waals surface area contributed by atoms with E-state index in [1.807, 2.05) is 6.20 Å². The minimum atomic E-state index is 0.686. The Kier molecular flexibility index (Phi) is 6.55. The average Bonchev–Trinajstić information content (AvgIpc) is 3.12. The summed E-state index contributed by atoms with van der Waals surface area (Å²) < 4.78 is 0. The number of nitrogens with one attached hydrogen (secondary N) is 1. The highest BCUT2D eigenvalue weighted by Crippen LogP contribution is 2.35. The predicted molar refractivity (Wildman–Crippen MR) is 127 cm³/mol. The lowest BCUT2D eigenvalue weighted by atomic mass is 9.88. The number of nitrogens with zero attached hydrogens (tertiary/aromatic N) is 3. The molecule has 4 nitrogen and oxygen atoms in total. The Labute approximate surface area is 181 Å². The van der Waals surface area contributed by atoms with Crippen LogP contribution < -0.4 is 0 Å². The Hall–Kier alpha value is -2.17. The Bertz CT molecular complexity index is 980. The molecule has 0 spiro atoms. The number of fused-ring (bicyclic) bond motifs is 1. The molecule has 3 heterocycles. The van der Waals surface area contributed by atoms with E-state index in [0.717, 1.165) is 12.1 Å². The molecule has 1 aliphatic heterocycles. The molecule has 0 amide bonds. The van der Waals surface area contributed by atoms with Crippen LogP contribution in [0, 0.1) is 6.92 Å². The van der Waals surface area contributed by atoms with Crippen LogP contribution in [0.25, 0.3) is 22.2 Å². The third-order valence-corrected chi connectivity index (χ3v) is 6.61. The first-order valence-corrected chi connectivity index (χ1v) is 11.5. The first-order valence-electron chi connectivity index (χ1n) is 11.5. The van der Waals surface area contributed by atoms with Crippen molar-refractivity contribution in [3.8, 4) is 11.3 Å². The minimum Gasteiger partial charge on any atom is -0.354 e. The Morgan fingerprint density at radius 1 is 1.13 bits per heavy atom. The van der Waals surface area contributed by atoms with Gasteiger partial charge in [-0.3, -0.25) is 4.98 Å². The highest BCUT2D eigenvalue weighted by molar-refractivity contribution is 5.91. The van der Waals surface area contributed by atoms with Crippen molar-refractivity contribution in [2.45, 2.75) is 45.4 Å². The van der Waals surface area contributed by atoms with Crippen LogP contribution in [0.1, 0.15) is 48.9 Å². The summed E-state index contributed by atoms with van der Waals surface area (Å²) in [6.45, 7) is 9.19. The third kappa shape index (κ3) is 4.60. The lowest BCUT2D eigenvalue weighted by Gasteiger charge is -2.32. The number of pyridine rings is 1. The zero-order chi connectivity index (χ0) is 21.1. The molecular weight excluding hydrogens is 368 g/mol. The lowest BCUT2D eigenvalue weighted by molar-refractivity contribution is 0.203. The molecule has 4 rings (SSSR count). The summed E-state index contributed by atoms with van der Waals surface area (Å²) in [5, 5.41) is 1.40. The lowest BCUT2D eigenvalue weighted by Crippen LogP contribution is -2.34. The van der Waals surface area contributed by atoms with Crippen LogP contribution in [0.4, 0.5) is 0 Å². The summed E-state index contributed by atoms with van der Waals surface area (Å²) in [6, 6.07) is 11.4. The fourth-order valence-electron chi connectivity index (χ4n) is 4.93. The maximum atomic E-state index is 4.36. The van der Waals surface area contributed by atoms with Crippen molar-refractivity contribution in [3.63, 3.8) is 0 Å². The summed E-state index contributed by atoms with van der Waals surface area (Å²) in [5.41, 5.74) is 7.75. The summed E-state index contributed by atoms with van der Waals surface area (Å²) in [5.74, 6) is 0.686. The second-order valence-electron chi connectivity index (χ2n) is 9.10. The number of hydrogen-bond donors (Lipinski definition) is 1. The average molecular weight is 405 g/mol. The molecule has 0 radical (unpaired) electrons. The van der Waals surface area contributed by atoms with E-state index in [1.165, 1.54) is 78.7 Å². The molecule has 3 aromatic rings. The van der Waals surface area contributed by atoms with Gasteiger partial charge in [0, 0.05) is 34.1 Å². The fourth-order valence-corrected chi connectivity index (χ4v) is 4.93. The molecule has 0 aliphatic carbocycles. The molecule has 1 aromatic carbocycles. The highest BCUT2D eigenvalue weighted by atomic mass is 15.1. The fraction of sp³-hybridized carbons (Fsp3) is 0.500. The van der Waals surface area contributed by atoms with Crippen LogP contribution >= 0.6 is 0 Å². The van der Waals surface area contributed by atoms with Crippen LogP contribution in [-0.4, -0.2) is 60.0 Å². The van der Waals surface area contributed by atoms with Crippen LogP contribution in [0.15, 0.2) is 36.5 Å². The van der Waals surface area contributed by atoms with E-state index in [2.05, 4.69) is 78.0 Å². The van der Waals surface area contributed by atoms with Gasteiger partial charge in [-0.05, 0) is 114 Å². The zero-order valence-corrected chi connectivity index (χ0v) is 19.0. The van der Waals surface area contributed by atoms with E-state index in [-0.39, 0.29) is 0 Å². The molecule has 0 unspecified atom stereocenters. The van der Waals surface area contributed by atoms with Crippen molar-refractivity contribution in [1.29, 1.82) is 0 Å². The number of hydrogen-bond acceptors (Lipinski definition) is 3. The number of aryl methyl sites for hydroxylation is 2. The smallest absolute Gasteiger partial charge is 0.0498 e. The normalized spacial score (nSPS) is 16.0. The highest BCUT2D eigenvalue weighted by Gasteiger charge is 2.21. The number of H-pyrrole nitrogens is 1. The van der Waals surface area contributed by atoms with Gasteiger partial charge in [-0.1, -0.05) is 13.0 Å². The number of aromatic amines is 1. The van der Waals surface area contributed by atoms with E-state index in [4.69, 9.17) is 0 Å². The molecular formula is C26H36N4. The Balaban J connectivity index is 1.51. The minimum absolute atomic E-state index is 0.686. The number of piperidine rings is 1. The molecule has 0 saturated carbocycles. The molecule has 0 bridgehead atoms. The summed E-state index contributed by atoms with van der Waals surface area (Å²) in [6.07, 6.45) is 6.76. The van der Waals surface area contributed by atoms with Crippen LogP contribution in [0.5, 0.6) is 0 Å². The van der Waals surface area contributed by atoms with Gasteiger partial charge >= 0.3 is 0 Å². The van der Waals surface area contributed by atoms with E-state index < -0.39 is 0 Å². The number of benzene rings is 1. The SMILES string of the molecule is CCc1c(-c2ccnc(C)c2)[nH]c2ccc(C3CCN(CCCN(C)C)CC3)cc12. The van der Waals surface area contributed by atoms with Gasteiger partial charge in [0.1, 0.15) is 0 Å². The van der Waals surface area contributed by atoms with Gasteiger partial charge < -0.3 is 14.8 Å². The standard InChI is InChI=1S/C26H36N4/c1-5-23-24-18-21(20-10-15-30(16-11-20)14-6-13-29(3)4)7-8-25(24)28-26(23)22-9-12-27-19(2)17-22/h7-9,12,17-18,20,28H,5-6,10-11,13-16H2,1-4H3. The van der Waals surface area contributed by atoms with E-state index in [1.54, 1.807) is 0 Å². The molecule has 1 saturated heterocycles. The molecule has 160 valence electrons. The van der Waals surface area contributed by atoms with Gasteiger partial charge in [-0.2, -0.15) is 0 Å². The van der Waals surface area contributed by atoms with Gasteiger partial charge in [0.15, 0.2) is 0 Å². The van der Waals surface area contributed by atoms with E-state index in [0.29, 0.717) is 5.92 Å². The molecule has 1 fully saturated rings. The molecule has 1 aliphatic rings. The van der Waals surface area contributed by atoms with Gasteiger partial charge in [0.05, 0.1) is 0 Å². The van der Waals surface area contributed by atoms with Gasteiger partial charge in [0.25, 0.3) is 0 Å². The van der Waals surface area contributed by atoms with E-state index in [9.17, 15) is 0 Å². The molecule has 0 atom stereocenters. The molecule has 1 N–H and O–H groups in total. The van der Waals surface area contributed by atoms with Crippen molar-refractivity contribution >= 4 is 10.9 Å². The second-order valence-corrected chi connectivity index (χ2v) is 9.10. The van der Waals surface area contributed by atoms with Crippen LogP contribution in [0.2, 0.25) is 0 Å². The van der Waals surface area contributed by atoms with Crippen molar-refractivity contribution in [2.24, 2.45) is 0 Å². The number of likely N-dealkylation sites (tertiary alicyclic amines) is 1. The largest absolute Gasteiger partial charge is 0.354 e. The quantitative estimate of drug-likeness (QED) is 0.585. The molecule has 30 heavy (non-hydrogen) atoms. The number of aromatic nitrogens is 2. The van der Waals surface area contributed by atoms with Crippen molar-refractivity contribution in [3.05, 3.63) is 53.3 Å². The second kappa shape index (κ2) is 9.32. The third-order valence-electron chi connectivity index (χ3n) is 6.61. The van der Waals surface area contributed by atoms with Crippen LogP contribution in [-0.2, 0) is 6.42 Å². The first kappa shape index (κ1) is 21.1. The molecule has 2 aromatic heterocycles. The summed E-state index contributed by atoms with van der Waals surface area (Å²) in [7, 11) is 4.32. The predicted octanol–water partition coefficient (Wildman–Crippen LogP) is 5.23. The number of rotatable bonds is 7. The Morgan fingerprint density at radius 2 is 1.93 bits per heavy atom. The maximum Gasteiger partial charge on any atom is 0.0498 e. The Morgan fingerprint density at radius 3 is 2.63 bits per heavy atom. The van der Waals surface area contributed by atoms with Crippen molar-refractivity contribution < 1.29 is 0 Å². The van der Waals surface area contributed by atoms with Crippen molar-refractivity contribution in [2.75, 3.05) is 40.3 Å². The summed E-state index contributed by atoms with van der Waals surface area (Å²) in [4.78, 5) is 13.0. The topological polar surface area (TPSA) is 35.2 Å². The zero-order valence-electron chi connectivity index (χ0n) is 19.0. The van der Waals surface area contributed by atoms with Crippen LogP contribution in [0.3, 0.4) is 0 Å². The van der Waals surface area contributed by atoms with Gasteiger partial charge in [-0.15, -0.1) is 0 Å². The maximum absolute atomic E-state index is 4.36.